The van der Waals surface area contributed by atoms with Crippen LogP contribution < -0.4 is 5.32 Å². The van der Waals surface area contributed by atoms with Crippen molar-refractivity contribution in [1.82, 2.24) is 9.97 Å². The average Bonchev–Trinajstić information content (AvgIpc) is 2.48. The Morgan fingerprint density at radius 1 is 1.35 bits per heavy atom. The van der Waals surface area contributed by atoms with E-state index in [1.54, 1.807) is 6.20 Å². The van der Waals surface area contributed by atoms with Crippen LogP contribution in [0.4, 0.5) is 5.69 Å². The fourth-order valence-corrected chi connectivity index (χ4v) is 2.22. The molecule has 0 saturated carbocycles. The molecule has 0 aliphatic carbocycles. The molecule has 20 heavy (non-hydrogen) atoms. The number of nitrogens with one attached hydrogen (secondary N) is 1. The van der Waals surface area contributed by atoms with Crippen molar-refractivity contribution >= 4 is 23.4 Å². The highest BCUT2D eigenvalue weighted by molar-refractivity contribution is 7.98. The maximum Gasteiger partial charge on any atom is 0.259 e. The fraction of sp³-hybridized carbons (Fsp3) is 0.267. The first kappa shape index (κ1) is 14.5. The maximum absolute atomic E-state index is 12.3. The molecule has 0 spiro atoms. The third kappa shape index (κ3) is 3.17. The molecule has 2 rings (SSSR count). The topological polar surface area (TPSA) is 54.9 Å². The van der Waals surface area contributed by atoms with Crippen molar-refractivity contribution in [3.63, 3.8) is 0 Å². The van der Waals surface area contributed by atoms with Crippen LogP contribution in [0.2, 0.25) is 0 Å². The van der Waals surface area contributed by atoms with Crippen LogP contribution in [0.25, 0.3) is 0 Å². The smallest absolute Gasteiger partial charge is 0.259 e. The molecule has 0 bridgehead atoms. The van der Waals surface area contributed by atoms with E-state index in [1.165, 1.54) is 11.8 Å². The summed E-state index contributed by atoms with van der Waals surface area (Å²) in [4.78, 5) is 20.9. The summed E-state index contributed by atoms with van der Waals surface area (Å²) in [6, 6.07) is 7.69. The van der Waals surface area contributed by atoms with E-state index in [9.17, 15) is 4.79 Å². The number of amides is 1. The van der Waals surface area contributed by atoms with Gasteiger partial charge in [-0.25, -0.2) is 9.97 Å². The van der Waals surface area contributed by atoms with Crippen LogP contribution in [0.3, 0.4) is 0 Å². The van der Waals surface area contributed by atoms with Crippen LogP contribution >= 0.6 is 11.8 Å². The van der Waals surface area contributed by atoms with Crippen LogP contribution in [0, 0.1) is 6.92 Å². The Morgan fingerprint density at radius 3 is 2.75 bits per heavy atom. The predicted octanol–water partition coefficient (Wildman–Crippen LogP) is 3.32. The molecule has 104 valence electrons. The van der Waals surface area contributed by atoms with Crippen molar-refractivity contribution < 1.29 is 4.79 Å². The van der Waals surface area contributed by atoms with Crippen molar-refractivity contribution in [2.45, 2.75) is 25.4 Å². The summed E-state index contributed by atoms with van der Waals surface area (Å²) in [6.45, 7) is 3.95. The lowest BCUT2D eigenvalue weighted by atomic mass is 10.1. The minimum Gasteiger partial charge on any atom is -0.322 e. The van der Waals surface area contributed by atoms with Gasteiger partial charge in [0.1, 0.15) is 0 Å². The van der Waals surface area contributed by atoms with E-state index < -0.39 is 0 Å². The molecule has 0 saturated heterocycles. The van der Waals surface area contributed by atoms with E-state index in [-0.39, 0.29) is 5.91 Å². The van der Waals surface area contributed by atoms with Crippen molar-refractivity contribution in [1.29, 1.82) is 0 Å². The number of hydrogen-bond acceptors (Lipinski definition) is 4. The fourth-order valence-electron chi connectivity index (χ4n) is 1.86. The van der Waals surface area contributed by atoms with Crippen LogP contribution in [0.1, 0.15) is 28.5 Å². The number of hydrogen-bond donors (Lipinski definition) is 1. The van der Waals surface area contributed by atoms with Gasteiger partial charge in [-0.05, 0) is 31.2 Å². The molecule has 1 aromatic heterocycles. The van der Waals surface area contributed by atoms with Gasteiger partial charge < -0.3 is 5.32 Å². The van der Waals surface area contributed by atoms with Gasteiger partial charge >= 0.3 is 0 Å². The van der Waals surface area contributed by atoms with Crippen molar-refractivity contribution in [3.8, 4) is 0 Å². The summed E-state index contributed by atoms with van der Waals surface area (Å²) in [5, 5.41) is 3.60. The molecule has 2 aromatic rings. The lowest BCUT2D eigenvalue weighted by Crippen LogP contribution is -2.16. The SMILES string of the molecule is CCc1nc(SC)ncc1C(=O)Nc1ccccc1C. The number of carbonyl (C=O) groups is 1. The van der Waals surface area contributed by atoms with E-state index >= 15 is 0 Å². The molecule has 4 nitrogen and oxygen atoms in total. The van der Waals surface area contributed by atoms with Gasteiger partial charge in [-0.1, -0.05) is 36.9 Å². The number of carbonyl (C=O) groups excluding carboxylic acids is 1. The number of aromatic nitrogens is 2. The summed E-state index contributed by atoms with van der Waals surface area (Å²) in [5.74, 6) is -0.163. The van der Waals surface area contributed by atoms with Gasteiger partial charge in [0.15, 0.2) is 5.16 Å². The second-order valence-electron chi connectivity index (χ2n) is 4.34. The quantitative estimate of drug-likeness (QED) is 0.692. The second-order valence-corrected chi connectivity index (χ2v) is 5.11. The molecule has 1 aromatic carbocycles. The minimum atomic E-state index is -0.163. The van der Waals surface area contributed by atoms with E-state index in [4.69, 9.17) is 0 Å². The number of anilines is 1. The summed E-state index contributed by atoms with van der Waals surface area (Å²) < 4.78 is 0. The Hall–Kier alpha value is -1.88. The first-order valence-electron chi connectivity index (χ1n) is 6.42. The number of rotatable bonds is 4. The molecule has 1 amide bonds. The molecule has 0 atom stereocenters. The molecule has 0 aliphatic rings. The van der Waals surface area contributed by atoms with Crippen molar-refractivity contribution in [3.05, 3.63) is 47.3 Å². The highest BCUT2D eigenvalue weighted by atomic mass is 32.2. The lowest BCUT2D eigenvalue weighted by molar-refractivity contribution is 0.102. The molecule has 0 radical (unpaired) electrons. The molecule has 0 unspecified atom stereocenters. The van der Waals surface area contributed by atoms with Crippen LogP contribution in [0.15, 0.2) is 35.6 Å². The Kier molecular flexibility index (Phi) is 4.74. The monoisotopic (exact) mass is 287 g/mol. The van der Waals surface area contributed by atoms with Gasteiger partial charge in [-0.3, -0.25) is 4.79 Å². The highest BCUT2D eigenvalue weighted by Crippen LogP contribution is 2.17. The van der Waals surface area contributed by atoms with E-state index in [1.807, 2.05) is 44.4 Å². The summed E-state index contributed by atoms with van der Waals surface area (Å²) in [6.07, 6.45) is 4.22. The normalized spacial score (nSPS) is 10.3. The Labute approximate surface area is 123 Å². The van der Waals surface area contributed by atoms with E-state index in [0.29, 0.717) is 17.1 Å². The first-order valence-corrected chi connectivity index (χ1v) is 7.65. The molecule has 1 N–H and O–H groups in total. The number of aryl methyl sites for hydroxylation is 2. The Balaban J connectivity index is 2.27. The molecular formula is C15H17N3OS. The highest BCUT2D eigenvalue weighted by Gasteiger charge is 2.14. The lowest BCUT2D eigenvalue weighted by Gasteiger charge is -2.10. The molecule has 0 aliphatic heterocycles. The third-order valence-corrected chi connectivity index (χ3v) is 3.56. The van der Waals surface area contributed by atoms with Gasteiger partial charge in [0, 0.05) is 11.9 Å². The Bertz CT molecular complexity index is 628. The van der Waals surface area contributed by atoms with Crippen LogP contribution in [-0.2, 0) is 6.42 Å². The number of thioether (sulfide) groups is 1. The van der Waals surface area contributed by atoms with Gasteiger partial charge in [-0.15, -0.1) is 0 Å². The number of benzene rings is 1. The largest absolute Gasteiger partial charge is 0.322 e. The van der Waals surface area contributed by atoms with Crippen molar-refractivity contribution in [2.75, 3.05) is 11.6 Å². The van der Waals surface area contributed by atoms with E-state index in [0.717, 1.165) is 16.9 Å². The molecule has 1 heterocycles. The second kappa shape index (κ2) is 6.52. The first-order chi connectivity index (χ1) is 9.65. The average molecular weight is 287 g/mol. The zero-order valence-corrected chi connectivity index (χ0v) is 12.6. The molecular weight excluding hydrogens is 270 g/mol. The zero-order chi connectivity index (χ0) is 14.5. The zero-order valence-electron chi connectivity index (χ0n) is 11.8. The van der Waals surface area contributed by atoms with Gasteiger partial charge in [0.25, 0.3) is 5.91 Å². The van der Waals surface area contributed by atoms with E-state index in [2.05, 4.69) is 15.3 Å². The predicted molar refractivity (Wildman–Crippen MR) is 82.3 cm³/mol. The summed E-state index contributed by atoms with van der Waals surface area (Å²) >= 11 is 1.47. The summed E-state index contributed by atoms with van der Waals surface area (Å²) in [5.41, 5.74) is 3.15. The third-order valence-electron chi connectivity index (χ3n) is 3.00. The van der Waals surface area contributed by atoms with Gasteiger partial charge in [0.2, 0.25) is 0 Å². The molecule has 0 fully saturated rings. The maximum atomic E-state index is 12.3. The van der Waals surface area contributed by atoms with Gasteiger partial charge in [0.05, 0.1) is 11.3 Å². The standard InChI is InChI=1S/C15H17N3OS/c1-4-12-11(9-16-15(18-12)20-3)14(19)17-13-8-6-5-7-10(13)2/h5-9H,4H2,1-3H3,(H,17,19). The molecule has 5 heteroatoms. The van der Waals surface area contributed by atoms with Crippen LogP contribution in [0.5, 0.6) is 0 Å². The summed E-state index contributed by atoms with van der Waals surface area (Å²) in [7, 11) is 0. The minimum absolute atomic E-state index is 0.163. The number of para-hydroxylation sites is 1. The van der Waals surface area contributed by atoms with Crippen LogP contribution in [-0.4, -0.2) is 22.1 Å². The van der Waals surface area contributed by atoms with Crippen molar-refractivity contribution in [2.24, 2.45) is 0 Å². The Morgan fingerprint density at radius 2 is 2.10 bits per heavy atom. The number of nitrogens with zero attached hydrogens (tertiary/aromatic N) is 2. The van der Waals surface area contributed by atoms with Gasteiger partial charge in [-0.2, -0.15) is 0 Å².